The number of hydrogen-bond donors (Lipinski definition) is 3. The van der Waals surface area contributed by atoms with Crippen LogP contribution in [0.2, 0.25) is 5.02 Å². The van der Waals surface area contributed by atoms with Gasteiger partial charge in [0, 0.05) is 48.7 Å². The molecule has 3 heterocycles. The number of fused-ring (bicyclic) bond motifs is 2. The number of nitrogens with one attached hydrogen (secondary N) is 2. The molecular formula is C19H19ClFN5O3. The Labute approximate surface area is 170 Å². The molecule has 0 atom stereocenters. The molecule has 3 N–H and O–H groups in total. The summed E-state index contributed by atoms with van der Waals surface area (Å²) < 4.78 is 13.7. The number of carbonyl (C=O) groups is 2. The van der Waals surface area contributed by atoms with E-state index in [0.29, 0.717) is 35.1 Å². The molecule has 1 aliphatic heterocycles. The van der Waals surface area contributed by atoms with Crippen molar-refractivity contribution < 1.29 is 19.1 Å². The Hall–Kier alpha value is -2.91. The molecule has 0 spiro atoms. The van der Waals surface area contributed by atoms with E-state index >= 15 is 0 Å². The highest BCUT2D eigenvalue weighted by atomic mass is 35.5. The number of benzene rings is 1. The molecule has 0 fully saturated rings. The predicted molar refractivity (Wildman–Crippen MR) is 104 cm³/mol. The van der Waals surface area contributed by atoms with Crippen molar-refractivity contribution in [1.82, 2.24) is 25.0 Å². The molecular weight excluding hydrogens is 401 g/mol. The normalized spacial score (nSPS) is 13.6. The molecule has 0 saturated carbocycles. The van der Waals surface area contributed by atoms with Crippen LogP contribution in [0.3, 0.4) is 0 Å². The van der Waals surface area contributed by atoms with E-state index in [4.69, 9.17) is 16.7 Å². The van der Waals surface area contributed by atoms with Crippen molar-refractivity contribution in [2.24, 2.45) is 0 Å². The van der Waals surface area contributed by atoms with E-state index in [9.17, 15) is 14.0 Å². The summed E-state index contributed by atoms with van der Waals surface area (Å²) in [5.74, 6) is -1.14. The maximum Gasteiger partial charge on any atom is 0.274 e. The second kappa shape index (κ2) is 7.49. The van der Waals surface area contributed by atoms with Gasteiger partial charge in [-0.15, -0.1) is 0 Å². The van der Waals surface area contributed by atoms with Crippen LogP contribution in [0, 0.1) is 5.82 Å². The summed E-state index contributed by atoms with van der Waals surface area (Å²) in [5, 5.41) is 16.5. The smallest absolute Gasteiger partial charge is 0.274 e. The number of aliphatic hydroxyl groups is 1. The standard InChI is InChI=1S/C19H19ClFN5O3/c1-25(6-7-27)19(29)17-11-9-26(5-4-14(11)23-24-17)18(28)15-8-10-13(22-15)3-2-12(21)16(10)20/h2-3,8,22,27H,4-7,9H2,1H3,(H,23,24). The Balaban J connectivity index is 1.60. The summed E-state index contributed by atoms with van der Waals surface area (Å²) in [5.41, 5.74) is 2.60. The van der Waals surface area contributed by atoms with E-state index in [1.165, 1.54) is 23.1 Å². The molecule has 10 heteroatoms. The van der Waals surface area contributed by atoms with E-state index in [0.717, 1.165) is 5.69 Å². The predicted octanol–water partition coefficient (Wildman–Crippen LogP) is 1.95. The molecule has 1 aliphatic rings. The molecule has 0 bridgehead atoms. The van der Waals surface area contributed by atoms with Gasteiger partial charge in [-0.25, -0.2) is 4.39 Å². The number of rotatable bonds is 4. The minimum Gasteiger partial charge on any atom is -0.395 e. The van der Waals surface area contributed by atoms with E-state index < -0.39 is 5.82 Å². The number of halogens is 2. The minimum atomic E-state index is -0.548. The lowest BCUT2D eigenvalue weighted by Gasteiger charge is -2.27. The molecule has 4 rings (SSSR count). The third-order valence-corrected chi connectivity index (χ3v) is 5.51. The van der Waals surface area contributed by atoms with Gasteiger partial charge >= 0.3 is 0 Å². The van der Waals surface area contributed by atoms with Crippen molar-refractivity contribution >= 4 is 34.3 Å². The number of nitrogens with zero attached hydrogens (tertiary/aromatic N) is 3. The number of H-pyrrole nitrogens is 2. The second-order valence-corrected chi connectivity index (χ2v) is 7.34. The van der Waals surface area contributed by atoms with Crippen molar-refractivity contribution in [3.8, 4) is 0 Å². The Morgan fingerprint density at radius 2 is 2.21 bits per heavy atom. The number of aromatic amines is 2. The highest BCUT2D eigenvalue weighted by Gasteiger charge is 2.30. The van der Waals surface area contributed by atoms with Crippen LogP contribution in [0.4, 0.5) is 4.39 Å². The number of likely N-dealkylation sites (N-methyl/N-ethyl adjacent to an activating group) is 1. The van der Waals surface area contributed by atoms with Crippen LogP contribution in [-0.4, -0.2) is 68.6 Å². The van der Waals surface area contributed by atoms with E-state index in [-0.39, 0.29) is 42.2 Å². The van der Waals surface area contributed by atoms with Crippen molar-refractivity contribution in [3.05, 3.63) is 51.7 Å². The van der Waals surface area contributed by atoms with E-state index in [1.54, 1.807) is 11.9 Å². The third-order valence-electron chi connectivity index (χ3n) is 5.13. The zero-order valence-corrected chi connectivity index (χ0v) is 16.4. The maximum absolute atomic E-state index is 13.7. The molecule has 0 unspecified atom stereocenters. The van der Waals surface area contributed by atoms with E-state index in [2.05, 4.69) is 15.2 Å². The molecule has 0 radical (unpaired) electrons. The Morgan fingerprint density at radius 3 is 2.97 bits per heavy atom. The van der Waals surface area contributed by atoms with Gasteiger partial charge in [-0.3, -0.25) is 14.7 Å². The van der Waals surface area contributed by atoms with Crippen molar-refractivity contribution in [1.29, 1.82) is 0 Å². The zero-order valence-electron chi connectivity index (χ0n) is 15.6. The summed E-state index contributed by atoms with van der Waals surface area (Å²) in [6.07, 6.45) is 0.528. The van der Waals surface area contributed by atoms with Crippen LogP contribution in [0.25, 0.3) is 10.9 Å². The van der Waals surface area contributed by atoms with Gasteiger partial charge in [0.2, 0.25) is 0 Å². The average Bonchev–Trinajstić information content (AvgIpc) is 3.34. The maximum atomic E-state index is 13.7. The molecule has 0 saturated heterocycles. The Kier molecular flexibility index (Phi) is 5.01. The molecule has 152 valence electrons. The first kappa shape index (κ1) is 19.4. The fourth-order valence-corrected chi connectivity index (χ4v) is 3.72. The van der Waals surface area contributed by atoms with Crippen LogP contribution in [0.15, 0.2) is 18.2 Å². The number of amides is 2. The Morgan fingerprint density at radius 1 is 1.41 bits per heavy atom. The topological polar surface area (TPSA) is 105 Å². The minimum absolute atomic E-state index is 0.0339. The summed E-state index contributed by atoms with van der Waals surface area (Å²) >= 11 is 6.00. The first-order valence-electron chi connectivity index (χ1n) is 9.09. The quantitative estimate of drug-likeness (QED) is 0.601. The highest BCUT2D eigenvalue weighted by molar-refractivity contribution is 6.35. The van der Waals surface area contributed by atoms with Gasteiger partial charge < -0.3 is 19.9 Å². The summed E-state index contributed by atoms with van der Waals surface area (Å²) in [6.45, 7) is 0.709. The lowest BCUT2D eigenvalue weighted by atomic mass is 10.0. The van der Waals surface area contributed by atoms with Crippen LogP contribution in [0.1, 0.15) is 32.2 Å². The Bertz CT molecular complexity index is 1110. The fraction of sp³-hybridized carbons (Fsp3) is 0.316. The molecule has 2 amide bonds. The summed E-state index contributed by atoms with van der Waals surface area (Å²) in [4.78, 5) is 31.6. The van der Waals surface area contributed by atoms with Gasteiger partial charge in [0.05, 0.1) is 18.2 Å². The first-order chi connectivity index (χ1) is 13.9. The molecule has 29 heavy (non-hydrogen) atoms. The van der Waals surface area contributed by atoms with Crippen molar-refractivity contribution in [3.63, 3.8) is 0 Å². The van der Waals surface area contributed by atoms with Gasteiger partial charge in [0.25, 0.3) is 11.8 Å². The van der Waals surface area contributed by atoms with Crippen LogP contribution >= 0.6 is 11.6 Å². The van der Waals surface area contributed by atoms with Crippen LogP contribution in [0.5, 0.6) is 0 Å². The van der Waals surface area contributed by atoms with Crippen molar-refractivity contribution in [2.45, 2.75) is 13.0 Å². The third kappa shape index (κ3) is 3.36. The van der Waals surface area contributed by atoms with E-state index in [1.807, 2.05) is 0 Å². The molecule has 0 aliphatic carbocycles. The van der Waals surface area contributed by atoms with Crippen LogP contribution in [-0.2, 0) is 13.0 Å². The lowest BCUT2D eigenvalue weighted by molar-refractivity contribution is 0.0714. The SMILES string of the molecule is CN(CCO)C(=O)c1n[nH]c2c1CN(C(=O)c1cc3c(Cl)c(F)ccc3[nH]1)CC2. The van der Waals surface area contributed by atoms with Gasteiger partial charge in [0.1, 0.15) is 11.5 Å². The highest BCUT2D eigenvalue weighted by Crippen LogP contribution is 2.28. The number of aromatic nitrogens is 3. The molecule has 1 aromatic carbocycles. The largest absolute Gasteiger partial charge is 0.395 e. The number of aliphatic hydroxyl groups excluding tert-OH is 1. The monoisotopic (exact) mass is 419 g/mol. The zero-order chi connectivity index (χ0) is 20.7. The summed E-state index contributed by atoms with van der Waals surface area (Å²) in [7, 11) is 1.58. The summed E-state index contributed by atoms with van der Waals surface area (Å²) in [6, 6.07) is 4.31. The molecule has 8 nitrogen and oxygen atoms in total. The van der Waals surface area contributed by atoms with Gasteiger partial charge in [-0.1, -0.05) is 11.6 Å². The van der Waals surface area contributed by atoms with Gasteiger partial charge in [-0.05, 0) is 18.2 Å². The first-order valence-corrected chi connectivity index (χ1v) is 9.47. The van der Waals surface area contributed by atoms with Gasteiger partial charge in [-0.2, -0.15) is 5.10 Å². The number of hydrogen-bond acceptors (Lipinski definition) is 4. The van der Waals surface area contributed by atoms with Crippen molar-refractivity contribution in [2.75, 3.05) is 26.7 Å². The second-order valence-electron chi connectivity index (χ2n) is 6.96. The molecule has 3 aromatic rings. The number of carbonyl (C=O) groups excluding carboxylic acids is 2. The average molecular weight is 420 g/mol. The molecule has 2 aromatic heterocycles. The van der Waals surface area contributed by atoms with Crippen LogP contribution < -0.4 is 0 Å². The lowest BCUT2D eigenvalue weighted by Crippen LogP contribution is -2.37. The fourth-order valence-electron chi connectivity index (χ4n) is 3.51. The van der Waals surface area contributed by atoms with Gasteiger partial charge in [0.15, 0.2) is 5.69 Å².